The highest BCUT2D eigenvalue weighted by atomic mass is 16.3. The maximum absolute atomic E-state index is 14.7. The van der Waals surface area contributed by atoms with Gasteiger partial charge in [-0.15, -0.1) is 6.58 Å². The second-order valence-corrected chi connectivity index (χ2v) is 15.0. The van der Waals surface area contributed by atoms with E-state index in [2.05, 4.69) is 37.7 Å². The number of amides is 5. The van der Waals surface area contributed by atoms with E-state index in [1.165, 1.54) is 23.5 Å². The average Bonchev–Trinajstić information content (AvgIpc) is 3.60. The maximum Gasteiger partial charge on any atom is 0.316 e. The van der Waals surface area contributed by atoms with Gasteiger partial charge in [0.25, 0.3) is 5.91 Å². The van der Waals surface area contributed by atoms with Crippen LogP contribution in [0.3, 0.4) is 0 Å². The molecule has 2 atom stereocenters. The number of aromatic nitrogens is 2. The van der Waals surface area contributed by atoms with Crippen molar-refractivity contribution in [2.45, 2.75) is 51.0 Å². The second-order valence-electron chi connectivity index (χ2n) is 15.0. The Kier molecular flexibility index (Phi) is 12.9. The number of aryl methyl sites for hydroxylation is 1. The number of anilines is 2. The van der Waals surface area contributed by atoms with Crippen LogP contribution in [-0.4, -0.2) is 93.1 Å². The van der Waals surface area contributed by atoms with Crippen molar-refractivity contribution >= 4 is 46.2 Å². The Morgan fingerprint density at radius 1 is 0.932 bits per heavy atom. The van der Waals surface area contributed by atoms with E-state index in [1.54, 1.807) is 35.5 Å². The van der Waals surface area contributed by atoms with Crippen molar-refractivity contribution in [3.63, 3.8) is 0 Å². The van der Waals surface area contributed by atoms with Gasteiger partial charge in [0.2, 0.25) is 11.8 Å². The van der Waals surface area contributed by atoms with Gasteiger partial charge in [0.15, 0.2) is 0 Å². The minimum Gasteiger partial charge on any atom is -0.508 e. The molecule has 3 aromatic carbocycles. The molecule has 2 fully saturated rings. The van der Waals surface area contributed by atoms with E-state index in [-0.39, 0.29) is 56.1 Å². The molecule has 5 amide bonds. The number of carbonyl (C=O) groups excluding carboxylic acids is 4. The summed E-state index contributed by atoms with van der Waals surface area (Å²) in [4.78, 5) is 66.0. The maximum atomic E-state index is 14.7. The van der Waals surface area contributed by atoms with Gasteiger partial charge in [-0.25, -0.2) is 9.78 Å². The van der Waals surface area contributed by atoms with Crippen LogP contribution in [-0.2, 0) is 36.1 Å². The largest absolute Gasteiger partial charge is 0.508 e. The number of carbonyl (C=O) groups is 4. The number of aromatic hydroxyl groups is 1. The molecule has 0 spiro atoms. The topological polar surface area (TPSA) is 164 Å². The summed E-state index contributed by atoms with van der Waals surface area (Å²) in [6, 6.07) is 24.0. The quantitative estimate of drug-likeness (QED) is 0.0783. The predicted molar refractivity (Wildman–Crippen MR) is 228 cm³/mol. The van der Waals surface area contributed by atoms with Crippen molar-refractivity contribution in [3.05, 3.63) is 132 Å². The summed E-state index contributed by atoms with van der Waals surface area (Å²) in [5.74, 6) is 0.0224. The highest BCUT2D eigenvalue weighted by Crippen LogP contribution is 2.29. The number of benzene rings is 3. The van der Waals surface area contributed by atoms with E-state index in [0.717, 1.165) is 54.0 Å². The highest BCUT2D eigenvalue weighted by molar-refractivity contribution is 6.13. The Hall–Kier alpha value is -6.67. The van der Waals surface area contributed by atoms with Gasteiger partial charge in [0.05, 0.1) is 36.1 Å². The zero-order valence-corrected chi connectivity index (χ0v) is 33.3. The molecule has 5 aromatic rings. The van der Waals surface area contributed by atoms with Crippen LogP contribution < -0.4 is 26.2 Å². The number of rotatable bonds is 14. The molecule has 306 valence electrons. The van der Waals surface area contributed by atoms with Gasteiger partial charge in [-0.05, 0) is 60.2 Å². The Bertz CT molecular complexity index is 2270. The lowest BCUT2D eigenvalue weighted by Gasteiger charge is -2.46. The van der Waals surface area contributed by atoms with Crippen LogP contribution in [0.1, 0.15) is 46.3 Å². The lowest BCUT2D eigenvalue weighted by Crippen LogP contribution is -2.69. The molecule has 7 rings (SSSR count). The molecule has 2 aromatic heterocycles. The van der Waals surface area contributed by atoms with Crippen LogP contribution in [0.4, 0.5) is 16.3 Å². The van der Waals surface area contributed by atoms with Gasteiger partial charge in [-0.1, -0.05) is 66.7 Å². The number of nitrogens with one attached hydrogen (secondary N) is 4. The third-order valence-electron chi connectivity index (χ3n) is 10.9. The first-order valence-electron chi connectivity index (χ1n) is 20.1. The van der Waals surface area contributed by atoms with Gasteiger partial charge in [0.1, 0.15) is 23.8 Å². The molecule has 2 aliphatic heterocycles. The molecule has 0 aliphatic carbocycles. The third-order valence-corrected chi connectivity index (χ3v) is 10.9. The Morgan fingerprint density at radius 2 is 1.71 bits per heavy atom. The van der Waals surface area contributed by atoms with Crippen LogP contribution in [0.5, 0.6) is 5.75 Å². The number of para-hydroxylation sites is 1. The molecular weight excluding hydrogens is 747 g/mol. The van der Waals surface area contributed by atoms with Crippen molar-refractivity contribution in [3.8, 4) is 5.75 Å². The van der Waals surface area contributed by atoms with Gasteiger partial charge in [-0.2, -0.15) is 0 Å². The summed E-state index contributed by atoms with van der Waals surface area (Å²) in [6.07, 6.45) is 7.87. The number of hydrogen-bond donors (Lipinski definition) is 5. The van der Waals surface area contributed by atoms with E-state index >= 15 is 0 Å². The van der Waals surface area contributed by atoms with Crippen LogP contribution in [0, 0.1) is 0 Å². The SMILES string of the molecule is C=CCNCC(=O)N1[C@@H](NC(=O)NCc2ccccc2)CN(Cc2cccc3c(C(=O)Nc4ccc(N5CCCCC5)nc4)cn(C)c23)C(=O)[C@@H]1Cc1ccc(O)cc1. The first-order chi connectivity index (χ1) is 28.7. The number of pyridine rings is 1. The normalized spacial score (nSPS) is 16.8. The van der Waals surface area contributed by atoms with Gasteiger partial charge in [-0.3, -0.25) is 14.4 Å². The lowest BCUT2D eigenvalue weighted by atomic mass is 9.98. The molecule has 14 nitrogen and oxygen atoms in total. The summed E-state index contributed by atoms with van der Waals surface area (Å²) in [5, 5.41) is 22.6. The smallest absolute Gasteiger partial charge is 0.316 e. The molecule has 4 heterocycles. The monoisotopic (exact) mass is 797 g/mol. The van der Waals surface area contributed by atoms with Crippen molar-refractivity contribution in [1.82, 2.24) is 35.3 Å². The van der Waals surface area contributed by atoms with Crippen molar-refractivity contribution < 1.29 is 24.3 Å². The summed E-state index contributed by atoms with van der Waals surface area (Å²) in [7, 11) is 1.86. The van der Waals surface area contributed by atoms with E-state index in [4.69, 9.17) is 0 Å². The average molecular weight is 798 g/mol. The number of piperazine rings is 1. The lowest BCUT2D eigenvalue weighted by molar-refractivity contribution is -0.156. The minimum absolute atomic E-state index is 0.00540. The molecule has 0 unspecified atom stereocenters. The fourth-order valence-electron chi connectivity index (χ4n) is 7.97. The van der Waals surface area contributed by atoms with Crippen molar-refractivity contribution in [2.24, 2.45) is 7.05 Å². The summed E-state index contributed by atoms with van der Waals surface area (Å²) in [6.45, 7) is 6.38. The molecule has 2 saturated heterocycles. The zero-order valence-electron chi connectivity index (χ0n) is 33.3. The minimum atomic E-state index is -0.991. The molecule has 2 aliphatic rings. The number of nitrogens with zero attached hydrogens (tertiary/aromatic N) is 5. The molecular formula is C45H51N9O5. The van der Waals surface area contributed by atoms with E-state index in [0.29, 0.717) is 23.2 Å². The Morgan fingerprint density at radius 3 is 2.44 bits per heavy atom. The van der Waals surface area contributed by atoms with Gasteiger partial charge in [0, 0.05) is 57.8 Å². The van der Waals surface area contributed by atoms with E-state index < -0.39 is 18.2 Å². The number of fused-ring (bicyclic) bond motifs is 1. The molecule has 5 N–H and O–H groups in total. The standard InChI is InChI=1S/C45H51N9O5/c1-3-21-46-27-41(56)54-38(24-31-15-18-35(55)19-16-31)44(58)53(30-40(54)50-45(59)48-25-32-11-6-4-7-12-32)28-33-13-10-14-36-37(29-51(2)42(33)36)43(57)49-34-17-20-39(47-26-34)52-22-8-5-9-23-52/h3-4,6-7,10-20,26,29,38,40,46,55H,1,5,8-9,21-25,27-28,30H2,2H3,(H,49,57)(H2,48,50,59)/t38-,40+/m0/s1. The predicted octanol–water partition coefficient (Wildman–Crippen LogP) is 4.90. The first-order valence-corrected chi connectivity index (χ1v) is 20.1. The molecule has 0 bridgehead atoms. The Labute approximate surface area is 343 Å². The number of hydrogen-bond acceptors (Lipinski definition) is 8. The zero-order chi connectivity index (χ0) is 41.3. The fourth-order valence-corrected chi connectivity index (χ4v) is 7.97. The number of urea groups is 1. The summed E-state index contributed by atoms with van der Waals surface area (Å²) >= 11 is 0. The van der Waals surface area contributed by atoms with Gasteiger partial charge < -0.3 is 45.6 Å². The van der Waals surface area contributed by atoms with Crippen LogP contribution in [0.15, 0.2) is 110 Å². The molecule has 14 heteroatoms. The van der Waals surface area contributed by atoms with Crippen molar-refractivity contribution in [2.75, 3.05) is 42.9 Å². The highest BCUT2D eigenvalue weighted by Gasteiger charge is 2.44. The van der Waals surface area contributed by atoms with Crippen LogP contribution in [0.2, 0.25) is 0 Å². The number of phenolic OH excluding ortho intramolecular Hbond substituents is 1. The molecule has 59 heavy (non-hydrogen) atoms. The van der Waals surface area contributed by atoms with Crippen molar-refractivity contribution in [1.29, 1.82) is 0 Å². The third kappa shape index (κ3) is 9.73. The summed E-state index contributed by atoms with van der Waals surface area (Å²) in [5.41, 5.74) is 4.25. The van der Waals surface area contributed by atoms with Crippen LogP contribution >= 0.6 is 0 Å². The number of phenols is 1. The van der Waals surface area contributed by atoms with Gasteiger partial charge >= 0.3 is 6.03 Å². The summed E-state index contributed by atoms with van der Waals surface area (Å²) < 4.78 is 1.88. The van der Waals surface area contributed by atoms with Crippen LogP contribution in [0.25, 0.3) is 10.9 Å². The first kappa shape index (κ1) is 40.5. The fraction of sp³-hybridized carbons (Fsp3) is 0.311. The number of piperidine rings is 1. The van der Waals surface area contributed by atoms with E-state index in [9.17, 15) is 24.3 Å². The molecule has 0 saturated carbocycles. The van der Waals surface area contributed by atoms with E-state index in [1.807, 2.05) is 72.3 Å². The molecule has 0 radical (unpaired) electrons. The second kappa shape index (κ2) is 18.7. The Balaban J connectivity index is 1.16.